The number of benzene rings is 1. The third kappa shape index (κ3) is 1.10. The van der Waals surface area contributed by atoms with Gasteiger partial charge in [-0.05, 0) is 24.3 Å². The minimum Gasteiger partial charge on any atom is -0.396 e. The number of fused-ring (bicyclic) bond motifs is 2. The monoisotopic (exact) mass is 211 g/mol. The number of anilines is 1. The van der Waals surface area contributed by atoms with Gasteiger partial charge in [-0.2, -0.15) is 0 Å². The third-order valence-corrected chi connectivity index (χ3v) is 2.58. The summed E-state index contributed by atoms with van der Waals surface area (Å²) in [6, 6.07) is 10.7. The van der Waals surface area contributed by atoms with Crippen molar-refractivity contribution in [3.05, 3.63) is 52.9 Å². The average Bonchev–Trinajstić information content (AvgIpc) is 2.31. The Morgan fingerprint density at radius 1 is 1.12 bits per heavy atom. The van der Waals surface area contributed by atoms with E-state index in [1.807, 2.05) is 18.2 Å². The molecule has 0 aliphatic carbocycles. The van der Waals surface area contributed by atoms with E-state index in [0.717, 1.165) is 0 Å². The Hall–Kier alpha value is -2.36. The predicted molar refractivity (Wildman–Crippen MR) is 63.4 cm³/mol. The van der Waals surface area contributed by atoms with E-state index in [2.05, 4.69) is 4.98 Å². The van der Waals surface area contributed by atoms with Crippen molar-refractivity contribution in [3.63, 3.8) is 0 Å². The molecule has 0 radical (unpaired) electrons. The predicted octanol–water partition coefficient (Wildman–Crippen LogP) is 1.43. The molecule has 0 bridgehead atoms. The summed E-state index contributed by atoms with van der Waals surface area (Å²) in [7, 11) is 0. The first-order valence-electron chi connectivity index (χ1n) is 4.93. The van der Waals surface area contributed by atoms with Crippen LogP contribution in [0.4, 0.5) is 5.69 Å². The maximum absolute atomic E-state index is 12.1. The van der Waals surface area contributed by atoms with Crippen molar-refractivity contribution in [2.45, 2.75) is 0 Å². The van der Waals surface area contributed by atoms with E-state index in [0.29, 0.717) is 22.2 Å². The Morgan fingerprint density at radius 2 is 1.94 bits per heavy atom. The molecule has 0 unspecified atom stereocenters. The van der Waals surface area contributed by atoms with Crippen LogP contribution in [-0.2, 0) is 0 Å². The lowest BCUT2D eigenvalue weighted by molar-refractivity contribution is 1.08. The van der Waals surface area contributed by atoms with Gasteiger partial charge in [0.15, 0.2) is 5.65 Å². The lowest BCUT2D eigenvalue weighted by Crippen LogP contribution is -2.15. The van der Waals surface area contributed by atoms with E-state index in [9.17, 15) is 4.79 Å². The van der Waals surface area contributed by atoms with E-state index in [1.165, 1.54) is 4.40 Å². The van der Waals surface area contributed by atoms with Crippen LogP contribution in [0.1, 0.15) is 0 Å². The van der Waals surface area contributed by atoms with Gasteiger partial charge in [-0.25, -0.2) is 4.98 Å². The summed E-state index contributed by atoms with van der Waals surface area (Å²) in [4.78, 5) is 16.5. The van der Waals surface area contributed by atoms with Gasteiger partial charge >= 0.3 is 0 Å². The molecule has 0 spiro atoms. The fourth-order valence-electron chi connectivity index (χ4n) is 1.80. The van der Waals surface area contributed by atoms with Crippen molar-refractivity contribution in [3.8, 4) is 0 Å². The van der Waals surface area contributed by atoms with Crippen molar-refractivity contribution in [1.29, 1.82) is 0 Å². The van der Waals surface area contributed by atoms with Crippen molar-refractivity contribution in [2.24, 2.45) is 0 Å². The highest BCUT2D eigenvalue weighted by Crippen LogP contribution is 2.12. The zero-order valence-electron chi connectivity index (χ0n) is 8.42. The number of nitrogens with zero attached hydrogens (tertiary/aromatic N) is 2. The lowest BCUT2D eigenvalue weighted by atomic mass is 10.2. The van der Waals surface area contributed by atoms with E-state index >= 15 is 0 Å². The van der Waals surface area contributed by atoms with Gasteiger partial charge in [0.05, 0.1) is 16.6 Å². The zero-order chi connectivity index (χ0) is 11.1. The standard InChI is InChI=1S/C12H9N3O/c13-9-5-3-7-15-11(9)14-10-6-2-1-4-8(10)12(15)16/h1-7H,13H2. The Morgan fingerprint density at radius 3 is 2.81 bits per heavy atom. The molecular weight excluding hydrogens is 202 g/mol. The second-order valence-corrected chi connectivity index (χ2v) is 3.59. The highest BCUT2D eigenvalue weighted by molar-refractivity contribution is 5.81. The summed E-state index contributed by atoms with van der Waals surface area (Å²) in [5, 5.41) is 0.602. The minimum absolute atomic E-state index is 0.0899. The van der Waals surface area contributed by atoms with Crippen LogP contribution in [0.5, 0.6) is 0 Å². The van der Waals surface area contributed by atoms with Crippen LogP contribution in [-0.4, -0.2) is 9.38 Å². The summed E-state index contributed by atoms with van der Waals surface area (Å²) in [6.45, 7) is 0. The maximum Gasteiger partial charge on any atom is 0.265 e. The van der Waals surface area contributed by atoms with Crippen LogP contribution in [0.2, 0.25) is 0 Å². The Bertz CT molecular complexity index is 746. The van der Waals surface area contributed by atoms with E-state index in [1.54, 1.807) is 24.4 Å². The molecule has 3 rings (SSSR count). The molecule has 2 aromatic heterocycles. The molecule has 2 N–H and O–H groups in total. The second-order valence-electron chi connectivity index (χ2n) is 3.59. The molecule has 3 aromatic rings. The SMILES string of the molecule is Nc1cccn2c(=O)c3ccccc3nc12. The molecule has 0 amide bonds. The van der Waals surface area contributed by atoms with Crippen molar-refractivity contribution in [2.75, 3.05) is 5.73 Å². The Balaban J connectivity index is 2.67. The van der Waals surface area contributed by atoms with Gasteiger partial charge in [0.2, 0.25) is 0 Å². The molecule has 4 nitrogen and oxygen atoms in total. The van der Waals surface area contributed by atoms with Gasteiger partial charge in [-0.15, -0.1) is 0 Å². The molecule has 16 heavy (non-hydrogen) atoms. The van der Waals surface area contributed by atoms with Crippen LogP contribution in [0.15, 0.2) is 47.4 Å². The fourth-order valence-corrected chi connectivity index (χ4v) is 1.80. The van der Waals surface area contributed by atoms with Crippen LogP contribution in [0.3, 0.4) is 0 Å². The first-order chi connectivity index (χ1) is 7.77. The minimum atomic E-state index is -0.0899. The molecule has 2 heterocycles. The van der Waals surface area contributed by atoms with Crippen molar-refractivity contribution in [1.82, 2.24) is 9.38 Å². The van der Waals surface area contributed by atoms with E-state index < -0.39 is 0 Å². The molecular formula is C12H9N3O. The summed E-state index contributed by atoms with van der Waals surface area (Å²) < 4.78 is 1.47. The lowest BCUT2D eigenvalue weighted by Gasteiger charge is -2.04. The zero-order valence-corrected chi connectivity index (χ0v) is 8.42. The van der Waals surface area contributed by atoms with Gasteiger partial charge in [0, 0.05) is 6.20 Å². The maximum atomic E-state index is 12.1. The molecule has 78 valence electrons. The summed E-state index contributed by atoms with van der Waals surface area (Å²) in [5.74, 6) is 0. The van der Waals surface area contributed by atoms with Crippen LogP contribution < -0.4 is 11.3 Å². The molecule has 0 fully saturated rings. The summed E-state index contributed by atoms with van der Waals surface area (Å²) in [5.41, 5.74) is 7.39. The first kappa shape index (κ1) is 8.91. The largest absolute Gasteiger partial charge is 0.396 e. The summed E-state index contributed by atoms with van der Waals surface area (Å²) in [6.07, 6.45) is 1.67. The molecule has 0 atom stereocenters. The number of aromatic nitrogens is 2. The number of hydrogen-bond acceptors (Lipinski definition) is 3. The van der Waals surface area contributed by atoms with E-state index in [-0.39, 0.29) is 5.56 Å². The topological polar surface area (TPSA) is 60.4 Å². The number of nitrogens with two attached hydrogens (primary N) is 1. The first-order valence-corrected chi connectivity index (χ1v) is 4.93. The molecule has 0 saturated heterocycles. The number of hydrogen-bond donors (Lipinski definition) is 1. The number of pyridine rings is 1. The number of nitrogen functional groups attached to an aromatic ring is 1. The van der Waals surface area contributed by atoms with Crippen molar-refractivity contribution < 1.29 is 0 Å². The smallest absolute Gasteiger partial charge is 0.265 e. The number of para-hydroxylation sites is 1. The van der Waals surface area contributed by atoms with Crippen LogP contribution >= 0.6 is 0 Å². The van der Waals surface area contributed by atoms with Gasteiger partial charge in [-0.1, -0.05) is 12.1 Å². The van der Waals surface area contributed by atoms with Crippen LogP contribution in [0.25, 0.3) is 16.6 Å². The Kier molecular flexibility index (Phi) is 1.71. The average molecular weight is 211 g/mol. The molecule has 4 heteroatoms. The van der Waals surface area contributed by atoms with E-state index in [4.69, 9.17) is 5.73 Å². The fraction of sp³-hybridized carbons (Fsp3) is 0. The third-order valence-electron chi connectivity index (χ3n) is 2.58. The second kappa shape index (κ2) is 3.06. The molecule has 0 aliphatic rings. The van der Waals surface area contributed by atoms with Crippen molar-refractivity contribution >= 4 is 22.2 Å². The molecule has 1 aromatic carbocycles. The molecule has 0 saturated carbocycles. The van der Waals surface area contributed by atoms with Gasteiger partial charge < -0.3 is 5.73 Å². The highest BCUT2D eigenvalue weighted by atomic mass is 16.1. The van der Waals surface area contributed by atoms with Gasteiger partial charge in [0.1, 0.15) is 0 Å². The summed E-state index contributed by atoms with van der Waals surface area (Å²) >= 11 is 0. The van der Waals surface area contributed by atoms with Crippen LogP contribution in [0, 0.1) is 0 Å². The quantitative estimate of drug-likeness (QED) is 0.572. The highest BCUT2D eigenvalue weighted by Gasteiger charge is 2.05. The molecule has 0 aliphatic heterocycles. The normalized spacial score (nSPS) is 11.0. The van der Waals surface area contributed by atoms with Gasteiger partial charge in [-0.3, -0.25) is 9.20 Å². The number of rotatable bonds is 0. The Labute approximate surface area is 91.0 Å². The van der Waals surface area contributed by atoms with Gasteiger partial charge in [0.25, 0.3) is 5.56 Å².